The molecule has 0 spiro atoms. The number of hydrogen-bond donors (Lipinski definition) is 2. The van der Waals surface area contributed by atoms with Gasteiger partial charge in [-0.15, -0.1) is 0 Å². The molecule has 4 nitrogen and oxygen atoms in total. The highest BCUT2D eigenvalue weighted by Gasteiger charge is 2.31. The van der Waals surface area contributed by atoms with Crippen LogP contribution >= 0.6 is 0 Å². The zero-order valence-electron chi connectivity index (χ0n) is 10.7. The highest BCUT2D eigenvalue weighted by molar-refractivity contribution is 5.81. The van der Waals surface area contributed by atoms with Gasteiger partial charge in [0.25, 0.3) is 0 Å². The lowest BCUT2D eigenvalue weighted by Gasteiger charge is -2.28. The van der Waals surface area contributed by atoms with E-state index in [2.05, 4.69) is 10.2 Å². The van der Waals surface area contributed by atoms with Gasteiger partial charge in [0.15, 0.2) is 0 Å². The van der Waals surface area contributed by atoms with Crippen molar-refractivity contribution >= 4 is 5.91 Å². The predicted molar refractivity (Wildman–Crippen MR) is 66.7 cm³/mol. The number of carbonyl (C=O) groups is 1. The van der Waals surface area contributed by atoms with Gasteiger partial charge in [0.2, 0.25) is 5.91 Å². The quantitative estimate of drug-likeness (QED) is 0.716. The van der Waals surface area contributed by atoms with Crippen LogP contribution in [-0.2, 0) is 4.79 Å². The van der Waals surface area contributed by atoms with Gasteiger partial charge in [-0.25, -0.2) is 0 Å². The van der Waals surface area contributed by atoms with Crippen molar-refractivity contribution in [3.8, 4) is 0 Å². The third-order valence-corrected chi connectivity index (χ3v) is 4.05. The van der Waals surface area contributed by atoms with Crippen molar-refractivity contribution in [1.82, 2.24) is 10.2 Å². The highest BCUT2D eigenvalue weighted by atomic mass is 16.3. The van der Waals surface area contributed by atoms with Crippen molar-refractivity contribution in [1.29, 1.82) is 0 Å². The van der Waals surface area contributed by atoms with Crippen LogP contribution in [0, 0.1) is 0 Å². The van der Waals surface area contributed by atoms with Crippen LogP contribution in [0.2, 0.25) is 0 Å². The smallest absolute Gasteiger partial charge is 0.237 e. The molecular formula is C13H24N2O2. The summed E-state index contributed by atoms with van der Waals surface area (Å²) >= 11 is 0. The van der Waals surface area contributed by atoms with Gasteiger partial charge < -0.3 is 10.4 Å². The third kappa shape index (κ3) is 3.42. The summed E-state index contributed by atoms with van der Waals surface area (Å²) in [4.78, 5) is 14.2. The van der Waals surface area contributed by atoms with E-state index in [9.17, 15) is 9.90 Å². The average molecular weight is 240 g/mol. The van der Waals surface area contributed by atoms with E-state index < -0.39 is 5.60 Å². The maximum absolute atomic E-state index is 12.0. The molecule has 0 radical (unpaired) electrons. The second-order valence-electron chi connectivity index (χ2n) is 5.69. The fourth-order valence-electron chi connectivity index (χ4n) is 2.87. The van der Waals surface area contributed by atoms with Crippen LogP contribution in [0.25, 0.3) is 0 Å². The summed E-state index contributed by atoms with van der Waals surface area (Å²) in [7, 11) is 0. The molecule has 0 aromatic carbocycles. The van der Waals surface area contributed by atoms with E-state index in [-0.39, 0.29) is 11.9 Å². The molecule has 0 aromatic rings. The van der Waals surface area contributed by atoms with Crippen LogP contribution in [0.1, 0.15) is 45.4 Å². The van der Waals surface area contributed by atoms with Gasteiger partial charge in [0, 0.05) is 13.1 Å². The van der Waals surface area contributed by atoms with E-state index in [1.54, 1.807) is 0 Å². The molecule has 2 aliphatic heterocycles. The molecule has 2 fully saturated rings. The van der Waals surface area contributed by atoms with Crippen molar-refractivity contribution in [3.63, 3.8) is 0 Å². The summed E-state index contributed by atoms with van der Waals surface area (Å²) in [5.41, 5.74) is -0.546. The van der Waals surface area contributed by atoms with Crippen LogP contribution in [0.4, 0.5) is 0 Å². The maximum Gasteiger partial charge on any atom is 0.237 e. The maximum atomic E-state index is 12.0. The Morgan fingerprint density at radius 1 is 1.29 bits per heavy atom. The molecule has 0 aromatic heterocycles. The monoisotopic (exact) mass is 240 g/mol. The molecule has 17 heavy (non-hydrogen) atoms. The Hall–Kier alpha value is -0.610. The largest absolute Gasteiger partial charge is 0.390 e. The van der Waals surface area contributed by atoms with Gasteiger partial charge in [-0.3, -0.25) is 9.69 Å². The van der Waals surface area contributed by atoms with Crippen LogP contribution in [0.3, 0.4) is 0 Å². The topological polar surface area (TPSA) is 52.6 Å². The van der Waals surface area contributed by atoms with E-state index in [0.29, 0.717) is 0 Å². The van der Waals surface area contributed by atoms with Gasteiger partial charge in [0.05, 0.1) is 11.6 Å². The molecule has 2 N–H and O–H groups in total. The molecule has 2 rings (SSSR count). The first-order valence-corrected chi connectivity index (χ1v) is 6.83. The summed E-state index contributed by atoms with van der Waals surface area (Å²) < 4.78 is 0. The Morgan fingerprint density at radius 3 is 2.94 bits per heavy atom. The zero-order valence-corrected chi connectivity index (χ0v) is 10.7. The molecule has 0 bridgehead atoms. The number of amides is 1. The average Bonchev–Trinajstić information content (AvgIpc) is 2.57. The first-order valence-electron chi connectivity index (χ1n) is 6.83. The minimum atomic E-state index is -0.546. The number of nitrogens with zero attached hydrogens (tertiary/aromatic N) is 1. The normalized spacial score (nSPS) is 37.1. The Balaban J connectivity index is 1.98. The van der Waals surface area contributed by atoms with E-state index >= 15 is 0 Å². The molecule has 4 heteroatoms. The molecule has 0 saturated carbocycles. The number of aliphatic hydroxyl groups is 1. The number of rotatable bonds is 1. The lowest BCUT2D eigenvalue weighted by molar-refractivity contribution is -0.126. The van der Waals surface area contributed by atoms with Crippen LogP contribution in [0.5, 0.6) is 0 Å². The molecular weight excluding hydrogens is 216 g/mol. The molecule has 2 unspecified atom stereocenters. The Morgan fingerprint density at radius 2 is 2.12 bits per heavy atom. The molecule has 2 atom stereocenters. The Bertz CT molecular complexity index is 279. The van der Waals surface area contributed by atoms with Crippen LogP contribution in [0.15, 0.2) is 0 Å². The highest BCUT2D eigenvalue weighted by Crippen LogP contribution is 2.24. The SMILES string of the molecule is CC1(O)CCCN(C2CCCCNC2=O)CC1. The summed E-state index contributed by atoms with van der Waals surface area (Å²) in [6.07, 6.45) is 5.78. The number of likely N-dealkylation sites (tertiary alicyclic amines) is 1. The lowest BCUT2D eigenvalue weighted by atomic mass is 9.98. The van der Waals surface area contributed by atoms with Gasteiger partial charge in [0.1, 0.15) is 0 Å². The van der Waals surface area contributed by atoms with Gasteiger partial charge in [-0.2, -0.15) is 0 Å². The molecule has 2 heterocycles. The molecule has 0 aliphatic carbocycles. The minimum Gasteiger partial charge on any atom is -0.390 e. The lowest BCUT2D eigenvalue weighted by Crippen LogP contribution is -2.46. The fraction of sp³-hybridized carbons (Fsp3) is 0.923. The van der Waals surface area contributed by atoms with Crippen LogP contribution in [-0.4, -0.2) is 47.2 Å². The van der Waals surface area contributed by atoms with Crippen molar-refractivity contribution in [3.05, 3.63) is 0 Å². The Labute approximate surface area is 103 Å². The summed E-state index contributed by atoms with van der Waals surface area (Å²) in [5.74, 6) is 0.184. The first kappa shape index (κ1) is 12.8. The first-order chi connectivity index (χ1) is 8.08. The van der Waals surface area contributed by atoms with E-state index in [0.717, 1.165) is 58.2 Å². The third-order valence-electron chi connectivity index (χ3n) is 4.05. The molecule has 2 saturated heterocycles. The summed E-state index contributed by atoms with van der Waals surface area (Å²) in [6, 6.07) is 0.0337. The van der Waals surface area contributed by atoms with Crippen molar-refractivity contribution in [2.24, 2.45) is 0 Å². The van der Waals surface area contributed by atoms with E-state index in [1.165, 1.54) is 0 Å². The van der Waals surface area contributed by atoms with Gasteiger partial charge in [-0.05, 0) is 52.0 Å². The van der Waals surface area contributed by atoms with E-state index in [4.69, 9.17) is 0 Å². The van der Waals surface area contributed by atoms with Crippen molar-refractivity contribution < 1.29 is 9.90 Å². The Kier molecular flexibility index (Phi) is 4.05. The molecule has 98 valence electrons. The van der Waals surface area contributed by atoms with Crippen LogP contribution < -0.4 is 5.32 Å². The number of carbonyl (C=O) groups excluding carboxylic acids is 1. The van der Waals surface area contributed by atoms with Gasteiger partial charge in [-0.1, -0.05) is 0 Å². The second kappa shape index (κ2) is 5.36. The predicted octanol–water partition coefficient (Wildman–Crippen LogP) is 0.892. The van der Waals surface area contributed by atoms with Crippen molar-refractivity contribution in [2.75, 3.05) is 19.6 Å². The molecule has 1 amide bonds. The second-order valence-corrected chi connectivity index (χ2v) is 5.69. The number of nitrogens with one attached hydrogen (secondary N) is 1. The molecule has 2 aliphatic rings. The van der Waals surface area contributed by atoms with Gasteiger partial charge >= 0.3 is 0 Å². The minimum absolute atomic E-state index is 0.0337. The zero-order chi connectivity index (χ0) is 12.3. The summed E-state index contributed by atoms with van der Waals surface area (Å²) in [5, 5.41) is 13.1. The number of hydrogen-bond acceptors (Lipinski definition) is 3. The van der Waals surface area contributed by atoms with Crippen molar-refractivity contribution in [2.45, 2.75) is 57.1 Å². The standard InChI is InChI=1S/C13H24N2O2/c1-13(17)6-4-9-15(10-7-13)11-5-2-3-8-14-12(11)16/h11,17H,2-10H2,1H3,(H,14,16). The fourth-order valence-corrected chi connectivity index (χ4v) is 2.87. The summed E-state index contributed by atoms with van der Waals surface area (Å²) in [6.45, 7) is 4.50. The van der Waals surface area contributed by atoms with E-state index in [1.807, 2.05) is 6.92 Å².